The Morgan fingerprint density at radius 3 is 2.08 bits per heavy atom. The number of nitrogens with one attached hydrogen (secondary N) is 3. The fourth-order valence-electron chi connectivity index (χ4n) is 3.22. The summed E-state index contributed by atoms with van der Waals surface area (Å²) < 4.78 is 5.52. The molecule has 208 valence electrons. The summed E-state index contributed by atoms with van der Waals surface area (Å²) in [7, 11) is 0. The van der Waals surface area contributed by atoms with E-state index in [1.54, 1.807) is 24.3 Å². The SMILES string of the molecule is CCCCCNC(=O)C(Cc1ccc(OC(COO)COO)cc1)NC(=O)NC(CCC(=O)O)C(=O)O. The van der Waals surface area contributed by atoms with Gasteiger partial charge in [0.05, 0.1) is 0 Å². The number of carboxylic acids is 2. The predicted molar refractivity (Wildman–Crippen MR) is 128 cm³/mol. The summed E-state index contributed by atoms with van der Waals surface area (Å²) in [5.41, 5.74) is 0.635. The molecule has 0 aliphatic heterocycles. The molecule has 1 rings (SSSR count). The van der Waals surface area contributed by atoms with E-state index in [1.807, 2.05) is 6.92 Å². The van der Waals surface area contributed by atoms with Gasteiger partial charge in [0.25, 0.3) is 0 Å². The standard InChI is InChI=1S/C23H35N3O11/c1-2-3-4-11-24-21(29)19(26-23(32)25-18(22(30)31)9-10-20(27)28)12-15-5-7-16(8-6-15)37-17(13-35-33)14-36-34/h5-8,17-19,33-34H,2-4,9-14H2,1H3,(H,24,29)(H,27,28)(H,30,31)(H2,25,26,32). The maximum atomic E-state index is 12.8. The maximum absolute atomic E-state index is 12.8. The van der Waals surface area contributed by atoms with Crippen LogP contribution in [-0.4, -0.2) is 82.6 Å². The highest BCUT2D eigenvalue weighted by molar-refractivity contribution is 5.89. The molecule has 37 heavy (non-hydrogen) atoms. The van der Waals surface area contributed by atoms with Crippen molar-refractivity contribution in [3.63, 3.8) is 0 Å². The summed E-state index contributed by atoms with van der Waals surface area (Å²) >= 11 is 0. The Morgan fingerprint density at radius 2 is 1.54 bits per heavy atom. The van der Waals surface area contributed by atoms with Crippen LogP contribution >= 0.6 is 0 Å². The molecule has 0 saturated heterocycles. The summed E-state index contributed by atoms with van der Waals surface area (Å²) in [6, 6.07) is 2.98. The molecule has 0 fully saturated rings. The number of rotatable bonds is 19. The molecule has 3 amide bonds. The number of amides is 3. The quantitative estimate of drug-likeness (QED) is 0.0769. The molecule has 1 aromatic carbocycles. The number of unbranched alkanes of at least 4 members (excludes halogenated alkanes) is 2. The van der Waals surface area contributed by atoms with Crippen LogP contribution in [0.5, 0.6) is 5.75 Å². The molecule has 0 heterocycles. The lowest BCUT2D eigenvalue weighted by atomic mass is 10.0. The molecule has 0 aliphatic rings. The Kier molecular flexibility index (Phi) is 15.3. The molecule has 0 spiro atoms. The van der Waals surface area contributed by atoms with Crippen LogP contribution < -0.4 is 20.7 Å². The Hall–Kier alpha value is -3.46. The molecule has 0 aromatic heterocycles. The van der Waals surface area contributed by atoms with Crippen molar-refractivity contribution in [3.05, 3.63) is 29.8 Å². The van der Waals surface area contributed by atoms with E-state index in [0.29, 0.717) is 17.9 Å². The van der Waals surface area contributed by atoms with Gasteiger partial charge in [0.15, 0.2) is 6.10 Å². The molecule has 0 bridgehead atoms. The number of urea groups is 1. The summed E-state index contributed by atoms with van der Waals surface area (Å²) in [5, 5.41) is 42.6. The molecule has 0 radical (unpaired) electrons. The van der Waals surface area contributed by atoms with Crippen LogP contribution in [0.1, 0.15) is 44.6 Å². The highest BCUT2D eigenvalue weighted by Crippen LogP contribution is 2.16. The van der Waals surface area contributed by atoms with Gasteiger partial charge in [-0.1, -0.05) is 31.9 Å². The van der Waals surface area contributed by atoms with Gasteiger partial charge in [-0.05, 0) is 30.5 Å². The van der Waals surface area contributed by atoms with E-state index in [2.05, 4.69) is 25.7 Å². The highest BCUT2D eigenvalue weighted by Gasteiger charge is 2.25. The number of carboxylic acid groups (broad SMARTS) is 2. The molecule has 0 aliphatic carbocycles. The van der Waals surface area contributed by atoms with Gasteiger partial charge in [0.2, 0.25) is 5.91 Å². The Bertz CT molecular complexity index is 845. The first-order valence-electron chi connectivity index (χ1n) is 11.8. The van der Waals surface area contributed by atoms with Crippen molar-refractivity contribution < 1.29 is 54.4 Å². The first-order valence-corrected chi connectivity index (χ1v) is 11.8. The number of hydrogen-bond donors (Lipinski definition) is 7. The van der Waals surface area contributed by atoms with Gasteiger partial charge in [0, 0.05) is 19.4 Å². The van der Waals surface area contributed by atoms with E-state index in [0.717, 1.165) is 19.3 Å². The van der Waals surface area contributed by atoms with Gasteiger partial charge in [-0.3, -0.25) is 20.1 Å². The van der Waals surface area contributed by atoms with E-state index in [-0.39, 0.29) is 26.1 Å². The van der Waals surface area contributed by atoms with Crippen molar-refractivity contribution in [1.82, 2.24) is 16.0 Å². The average Bonchev–Trinajstić information content (AvgIpc) is 2.85. The van der Waals surface area contributed by atoms with Crippen molar-refractivity contribution >= 4 is 23.9 Å². The second-order valence-corrected chi connectivity index (χ2v) is 8.17. The first-order chi connectivity index (χ1) is 17.7. The molecular formula is C23H35N3O11. The summed E-state index contributed by atoms with van der Waals surface area (Å²) in [6.07, 6.45) is 1.10. The second-order valence-electron chi connectivity index (χ2n) is 8.17. The lowest BCUT2D eigenvalue weighted by Crippen LogP contribution is -2.54. The number of benzene rings is 1. The van der Waals surface area contributed by atoms with Crippen LogP contribution in [0.25, 0.3) is 0 Å². The lowest BCUT2D eigenvalue weighted by molar-refractivity contribution is -0.286. The van der Waals surface area contributed by atoms with Crippen molar-refractivity contribution in [1.29, 1.82) is 0 Å². The molecule has 0 saturated carbocycles. The van der Waals surface area contributed by atoms with Crippen LogP contribution in [-0.2, 0) is 30.6 Å². The molecule has 14 nitrogen and oxygen atoms in total. The first kappa shape index (κ1) is 31.6. The van der Waals surface area contributed by atoms with E-state index >= 15 is 0 Å². The third-order valence-electron chi connectivity index (χ3n) is 5.14. The Morgan fingerprint density at radius 1 is 0.919 bits per heavy atom. The topological polar surface area (TPSA) is 213 Å². The average molecular weight is 530 g/mol. The van der Waals surface area contributed by atoms with E-state index in [4.69, 9.17) is 20.4 Å². The highest BCUT2D eigenvalue weighted by atomic mass is 17.1. The van der Waals surface area contributed by atoms with Crippen LogP contribution in [0, 0.1) is 0 Å². The summed E-state index contributed by atoms with van der Waals surface area (Å²) in [5.74, 6) is -2.71. The largest absolute Gasteiger partial charge is 0.485 e. The Balaban J connectivity index is 2.90. The summed E-state index contributed by atoms with van der Waals surface area (Å²) in [4.78, 5) is 55.4. The van der Waals surface area contributed by atoms with Crippen LogP contribution in [0.3, 0.4) is 0 Å². The van der Waals surface area contributed by atoms with Gasteiger partial charge in [-0.25, -0.2) is 19.4 Å². The molecule has 7 N–H and O–H groups in total. The van der Waals surface area contributed by atoms with Gasteiger partial charge < -0.3 is 30.9 Å². The monoisotopic (exact) mass is 529 g/mol. The van der Waals surface area contributed by atoms with Crippen LogP contribution in [0.2, 0.25) is 0 Å². The number of carbonyl (C=O) groups is 4. The molecule has 1 aromatic rings. The van der Waals surface area contributed by atoms with E-state index in [9.17, 15) is 24.3 Å². The zero-order valence-corrected chi connectivity index (χ0v) is 20.6. The third kappa shape index (κ3) is 13.4. The van der Waals surface area contributed by atoms with E-state index in [1.165, 1.54) is 0 Å². The number of carbonyl (C=O) groups excluding carboxylic acids is 2. The predicted octanol–water partition coefficient (Wildman–Crippen LogP) is 1.25. The zero-order valence-electron chi connectivity index (χ0n) is 20.6. The normalized spacial score (nSPS) is 12.4. The van der Waals surface area contributed by atoms with E-state index < -0.39 is 48.5 Å². The number of aliphatic carboxylic acids is 2. The minimum atomic E-state index is -1.44. The molecule has 2 unspecified atom stereocenters. The van der Waals surface area contributed by atoms with Crippen molar-refractivity contribution in [2.45, 2.75) is 63.6 Å². The van der Waals surface area contributed by atoms with Crippen LogP contribution in [0.4, 0.5) is 4.79 Å². The maximum Gasteiger partial charge on any atom is 0.326 e. The number of ether oxygens (including phenoxy) is 1. The third-order valence-corrected chi connectivity index (χ3v) is 5.14. The Labute approximate surface area is 213 Å². The van der Waals surface area contributed by atoms with Crippen molar-refractivity contribution in [2.75, 3.05) is 19.8 Å². The second kappa shape index (κ2) is 17.9. The fraction of sp³-hybridized carbons (Fsp3) is 0.565. The molecular weight excluding hydrogens is 494 g/mol. The minimum absolute atomic E-state index is 0.0586. The molecule has 14 heteroatoms. The van der Waals surface area contributed by atoms with Gasteiger partial charge in [-0.15, -0.1) is 0 Å². The fourth-order valence-corrected chi connectivity index (χ4v) is 3.22. The smallest absolute Gasteiger partial charge is 0.326 e. The van der Waals surface area contributed by atoms with Crippen LogP contribution in [0.15, 0.2) is 24.3 Å². The zero-order chi connectivity index (χ0) is 27.6. The van der Waals surface area contributed by atoms with Gasteiger partial charge in [0.1, 0.15) is 31.0 Å². The van der Waals surface area contributed by atoms with Crippen molar-refractivity contribution in [3.8, 4) is 5.75 Å². The van der Waals surface area contributed by atoms with Gasteiger partial charge in [-0.2, -0.15) is 0 Å². The number of hydrogen-bond acceptors (Lipinski definition) is 9. The lowest BCUT2D eigenvalue weighted by Gasteiger charge is -2.21. The van der Waals surface area contributed by atoms with Crippen molar-refractivity contribution in [2.24, 2.45) is 0 Å². The minimum Gasteiger partial charge on any atom is -0.485 e. The molecule has 2 atom stereocenters. The van der Waals surface area contributed by atoms with Gasteiger partial charge >= 0.3 is 18.0 Å². The summed E-state index contributed by atoms with van der Waals surface area (Å²) in [6.45, 7) is 1.90.